The molecule has 0 bridgehead atoms. The second kappa shape index (κ2) is 5.95. The summed E-state index contributed by atoms with van der Waals surface area (Å²) in [6.45, 7) is 1.84. The third kappa shape index (κ3) is 3.63. The molecule has 0 aliphatic heterocycles. The van der Waals surface area contributed by atoms with Crippen molar-refractivity contribution in [2.24, 2.45) is 0 Å². The third-order valence-electron chi connectivity index (χ3n) is 2.37. The normalized spacial score (nSPS) is 10.9. The zero-order valence-corrected chi connectivity index (χ0v) is 11.6. The first-order valence-electron chi connectivity index (χ1n) is 5.56. The molecule has 2 rings (SSSR count). The van der Waals surface area contributed by atoms with Gasteiger partial charge in [-0.1, -0.05) is 29.3 Å². The van der Waals surface area contributed by atoms with E-state index >= 15 is 0 Å². The zero-order chi connectivity index (χ0) is 13.8. The average molecular weight is 296 g/mol. The molecule has 1 amide bonds. The van der Waals surface area contributed by atoms with Crippen molar-refractivity contribution in [2.45, 2.75) is 6.92 Å². The summed E-state index contributed by atoms with van der Waals surface area (Å²) < 4.78 is 5.31. The molecule has 0 fully saturated rings. The Labute approximate surface area is 120 Å². The van der Waals surface area contributed by atoms with Gasteiger partial charge in [0.05, 0.1) is 15.7 Å². The summed E-state index contributed by atoms with van der Waals surface area (Å²) in [4.78, 5) is 11.7. The molecule has 0 spiro atoms. The highest BCUT2D eigenvalue weighted by atomic mass is 35.5. The van der Waals surface area contributed by atoms with E-state index in [0.29, 0.717) is 21.5 Å². The lowest BCUT2D eigenvalue weighted by molar-refractivity contribution is -0.111. The molecule has 0 radical (unpaired) electrons. The van der Waals surface area contributed by atoms with Crippen LogP contribution in [-0.4, -0.2) is 5.91 Å². The molecule has 1 heterocycles. The van der Waals surface area contributed by atoms with Crippen molar-refractivity contribution in [1.29, 1.82) is 0 Å². The number of furan rings is 1. The number of anilines is 1. The number of benzene rings is 1. The quantitative estimate of drug-likeness (QED) is 0.844. The van der Waals surface area contributed by atoms with Crippen LogP contribution in [0.4, 0.5) is 5.69 Å². The minimum atomic E-state index is -0.307. The van der Waals surface area contributed by atoms with Crippen molar-refractivity contribution in [2.75, 3.05) is 5.32 Å². The Balaban J connectivity index is 2.05. The molecule has 1 N–H and O–H groups in total. The van der Waals surface area contributed by atoms with E-state index in [-0.39, 0.29) is 5.91 Å². The van der Waals surface area contributed by atoms with Gasteiger partial charge in [-0.05, 0) is 37.3 Å². The lowest BCUT2D eigenvalue weighted by Gasteiger charge is -2.05. The van der Waals surface area contributed by atoms with E-state index in [1.807, 2.05) is 13.0 Å². The fraction of sp³-hybridized carbons (Fsp3) is 0.0714. The maximum atomic E-state index is 11.7. The van der Waals surface area contributed by atoms with Crippen molar-refractivity contribution < 1.29 is 9.21 Å². The number of hydrogen-bond acceptors (Lipinski definition) is 2. The number of halogens is 2. The SMILES string of the molecule is Cc1ccc(C=CC(=O)Nc2cccc(Cl)c2Cl)o1. The van der Waals surface area contributed by atoms with Crippen molar-refractivity contribution in [3.8, 4) is 0 Å². The highest BCUT2D eigenvalue weighted by molar-refractivity contribution is 6.44. The number of nitrogens with one attached hydrogen (secondary N) is 1. The first-order valence-corrected chi connectivity index (χ1v) is 6.31. The molecule has 98 valence electrons. The lowest BCUT2D eigenvalue weighted by atomic mass is 10.3. The van der Waals surface area contributed by atoms with Gasteiger partial charge in [-0.25, -0.2) is 0 Å². The largest absolute Gasteiger partial charge is 0.462 e. The first-order chi connectivity index (χ1) is 9.06. The van der Waals surface area contributed by atoms with Crippen LogP contribution in [0.1, 0.15) is 11.5 Å². The summed E-state index contributed by atoms with van der Waals surface area (Å²) in [5, 5.41) is 3.36. The van der Waals surface area contributed by atoms with E-state index < -0.39 is 0 Å². The summed E-state index contributed by atoms with van der Waals surface area (Å²) in [7, 11) is 0. The molecule has 0 saturated carbocycles. The van der Waals surface area contributed by atoms with Crippen molar-refractivity contribution in [1.82, 2.24) is 0 Å². The van der Waals surface area contributed by atoms with Crippen LogP contribution in [0.5, 0.6) is 0 Å². The predicted octanol–water partition coefficient (Wildman–Crippen LogP) is 4.55. The smallest absolute Gasteiger partial charge is 0.248 e. The van der Waals surface area contributed by atoms with Crippen LogP contribution in [0.2, 0.25) is 10.0 Å². The van der Waals surface area contributed by atoms with E-state index in [0.717, 1.165) is 5.76 Å². The highest BCUT2D eigenvalue weighted by Gasteiger charge is 2.06. The Hall–Kier alpha value is -1.71. The zero-order valence-electron chi connectivity index (χ0n) is 10.1. The molecule has 0 unspecified atom stereocenters. The van der Waals surface area contributed by atoms with E-state index in [1.54, 1.807) is 30.3 Å². The Morgan fingerprint density at radius 2 is 2.05 bits per heavy atom. The molecule has 0 saturated heterocycles. The van der Waals surface area contributed by atoms with Gasteiger partial charge in [0.1, 0.15) is 11.5 Å². The Morgan fingerprint density at radius 1 is 1.26 bits per heavy atom. The predicted molar refractivity (Wildman–Crippen MR) is 77.6 cm³/mol. The van der Waals surface area contributed by atoms with Gasteiger partial charge in [-0.3, -0.25) is 4.79 Å². The van der Waals surface area contributed by atoms with E-state index in [1.165, 1.54) is 6.08 Å². The minimum Gasteiger partial charge on any atom is -0.462 e. The monoisotopic (exact) mass is 295 g/mol. The van der Waals surface area contributed by atoms with Gasteiger partial charge in [0.2, 0.25) is 5.91 Å². The minimum absolute atomic E-state index is 0.307. The molecule has 1 aromatic heterocycles. The Kier molecular flexibility index (Phi) is 4.30. The molecule has 19 heavy (non-hydrogen) atoms. The van der Waals surface area contributed by atoms with E-state index in [9.17, 15) is 4.79 Å². The summed E-state index contributed by atoms with van der Waals surface area (Å²) in [5.41, 5.74) is 0.472. The van der Waals surface area contributed by atoms with Crippen LogP contribution in [0.15, 0.2) is 40.8 Å². The number of hydrogen-bond donors (Lipinski definition) is 1. The standard InChI is InChI=1S/C14H11Cl2NO2/c1-9-5-6-10(19-9)7-8-13(18)17-12-4-2-3-11(15)14(12)16/h2-8H,1H3,(H,17,18). The van der Waals surface area contributed by atoms with Crippen LogP contribution in [0.25, 0.3) is 6.08 Å². The van der Waals surface area contributed by atoms with Crippen molar-refractivity contribution >= 4 is 40.9 Å². The van der Waals surface area contributed by atoms with Gasteiger partial charge >= 0.3 is 0 Å². The third-order valence-corrected chi connectivity index (χ3v) is 3.19. The van der Waals surface area contributed by atoms with Crippen LogP contribution in [0, 0.1) is 6.92 Å². The number of amides is 1. The van der Waals surface area contributed by atoms with Crippen molar-refractivity contribution in [3.05, 3.63) is 58.0 Å². The Bertz CT molecular complexity index is 632. The Morgan fingerprint density at radius 3 is 2.74 bits per heavy atom. The molecule has 0 aliphatic carbocycles. The fourth-order valence-corrected chi connectivity index (χ4v) is 1.82. The van der Waals surface area contributed by atoms with Crippen LogP contribution >= 0.6 is 23.2 Å². The molecular weight excluding hydrogens is 285 g/mol. The van der Waals surface area contributed by atoms with Crippen molar-refractivity contribution in [3.63, 3.8) is 0 Å². The van der Waals surface area contributed by atoms with E-state index in [2.05, 4.69) is 5.32 Å². The van der Waals surface area contributed by atoms with Crippen LogP contribution < -0.4 is 5.32 Å². The second-order valence-electron chi connectivity index (χ2n) is 3.87. The summed E-state index contributed by atoms with van der Waals surface area (Å²) in [6, 6.07) is 8.65. The number of carbonyl (C=O) groups excluding carboxylic acids is 1. The van der Waals surface area contributed by atoms with Gasteiger partial charge in [0, 0.05) is 6.08 Å². The molecule has 0 aliphatic rings. The lowest BCUT2D eigenvalue weighted by Crippen LogP contribution is -2.08. The summed E-state index contributed by atoms with van der Waals surface area (Å²) >= 11 is 11.8. The highest BCUT2D eigenvalue weighted by Crippen LogP contribution is 2.29. The number of carbonyl (C=O) groups is 1. The molecule has 5 heteroatoms. The molecule has 0 atom stereocenters. The second-order valence-corrected chi connectivity index (χ2v) is 4.66. The fourth-order valence-electron chi connectivity index (χ4n) is 1.48. The van der Waals surface area contributed by atoms with Crippen LogP contribution in [-0.2, 0) is 4.79 Å². The van der Waals surface area contributed by atoms with Gasteiger partial charge < -0.3 is 9.73 Å². The number of aryl methyl sites for hydroxylation is 1. The molecule has 2 aromatic rings. The van der Waals surface area contributed by atoms with E-state index in [4.69, 9.17) is 27.6 Å². The topological polar surface area (TPSA) is 42.2 Å². The van der Waals surface area contributed by atoms with Gasteiger partial charge in [0.15, 0.2) is 0 Å². The molecule has 3 nitrogen and oxygen atoms in total. The number of rotatable bonds is 3. The van der Waals surface area contributed by atoms with Gasteiger partial charge in [-0.15, -0.1) is 0 Å². The van der Waals surface area contributed by atoms with Gasteiger partial charge in [0.25, 0.3) is 0 Å². The van der Waals surface area contributed by atoms with Gasteiger partial charge in [-0.2, -0.15) is 0 Å². The van der Waals surface area contributed by atoms with Crippen LogP contribution in [0.3, 0.4) is 0 Å². The summed E-state index contributed by atoms with van der Waals surface area (Å²) in [5.74, 6) is 1.10. The summed E-state index contributed by atoms with van der Waals surface area (Å²) in [6.07, 6.45) is 2.95. The molecular formula is C14H11Cl2NO2. The average Bonchev–Trinajstić information content (AvgIpc) is 2.78. The first kappa shape index (κ1) is 13.7. The maximum absolute atomic E-state index is 11.7. The molecule has 1 aromatic carbocycles. The maximum Gasteiger partial charge on any atom is 0.248 e.